The topological polar surface area (TPSA) is 163 Å². The number of rotatable bonds is 11. The largest absolute Gasteiger partial charge is 0.497 e. The number of nitrogens with one attached hydrogen (secondary N) is 1. The predicted octanol–water partition coefficient (Wildman–Crippen LogP) is 1.53. The van der Waals surface area contributed by atoms with Crippen molar-refractivity contribution in [1.82, 2.24) is 5.32 Å². The summed E-state index contributed by atoms with van der Waals surface area (Å²) in [5.41, 5.74) is 5.92. The number of carbonyl (C=O) groups is 4. The van der Waals surface area contributed by atoms with Crippen LogP contribution in [0.5, 0.6) is 23.0 Å². The van der Waals surface area contributed by atoms with Crippen LogP contribution in [-0.4, -0.2) is 55.5 Å². The molecule has 0 bridgehead atoms. The maximum absolute atomic E-state index is 12.8. The van der Waals surface area contributed by atoms with E-state index in [1.807, 2.05) is 0 Å². The quantitative estimate of drug-likeness (QED) is 0.401. The molecular formula is C24H24N2O9. The Labute approximate surface area is 200 Å². The first kappa shape index (κ1) is 25.1. The van der Waals surface area contributed by atoms with E-state index in [4.69, 9.17) is 29.8 Å². The number of fused-ring (bicyclic) bond motifs is 1. The van der Waals surface area contributed by atoms with Crippen molar-refractivity contribution in [3.63, 3.8) is 0 Å². The minimum Gasteiger partial charge on any atom is -0.497 e. The molecule has 0 spiro atoms. The first-order chi connectivity index (χ1) is 16.7. The summed E-state index contributed by atoms with van der Waals surface area (Å²) in [7, 11) is 3.03. The van der Waals surface area contributed by atoms with Gasteiger partial charge >= 0.3 is 5.97 Å². The molecule has 1 aliphatic heterocycles. The van der Waals surface area contributed by atoms with Crippen molar-refractivity contribution in [2.24, 2.45) is 5.73 Å². The fourth-order valence-electron chi connectivity index (χ4n) is 3.28. The maximum Gasteiger partial charge on any atom is 0.326 e. The zero-order chi connectivity index (χ0) is 25.5. The lowest BCUT2D eigenvalue weighted by Gasteiger charge is -2.14. The molecule has 2 aromatic rings. The number of amides is 2. The maximum atomic E-state index is 12.8. The highest BCUT2D eigenvalue weighted by Crippen LogP contribution is 2.36. The Hall–Kier alpha value is -4.54. The summed E-state index contributed by atoms with van der Waals surface area (Å²) in [4.78, 5) is 47.0. The Balaban J connectivity index is 1.67. The van der Waals surface area contributed by atoms with Gasteiger partial charge in [0.15, 0.2) is 12.4 Å². The van der Waals surface area contributed by atoms with Gasteiger partial charge in [0.2, 0.25) is 11.7 Å². The minimum atomic E-state index is -1.30. The summed E-state index contributed by atoms with van der Waals surface area (Å²) < 4.78 is 21.7. The van der Waals surface area contributed by atoms with Crippen molar-refractivity contribution in [2.75, 3.05) is 20.8 Å². The van der Waals surface area contributed by atoms with Crippen LogP contribution in [0.3, 0.4) is 0 Å². The number of carbonyl (C=O) groups excluding carboxylic acids is 3. The van der Waals surface area contributed by atoms with Gasteiger partial charge in [-0.05, 0) is 42.8 Å². The molecule has 2 amide bonds. The third-order valence-electron chi connectivity index (χ3n) is 5.05. The number of ketones is 1. The molecule has 1 aliphatic rings. The van der Waals surface area contributed by atoms with Gasteiger partial charge < -0.3 is 35.1 Å². The van der Waals surface area contributed by atoms with E-state index in [2.05, 4.69) is 5.32 Å². The van der Waals surface area contributed by atoms with Gasteiger partial charge in [-0.15, -0.1) is 0 Å². The lowest BCUT2D eigenvalue weighted by molar-refractivity contribution is -0.142. The van der Waals surface area contributed by atoms with Crippen molar-refractivity contribution < 1.29 is 43.2 Å². The van der Waals surface area contributed by atoms with Gasteiger partial charge in [-0.1, -0.05) is 0 Å². The Kier molecular flexibility index (Phi) is 7.92. The molecule has 0 saturated heterocycles. The lowest BCUT2D eigenvalue weighted by atomic mass is 10.1. The number of carboxylic acid groups (broad SMARTS) is 1. The second kappa shape index (κ2) is 11.1. The molecule has 0 aliphatic carbocycles. The van der Waals surface area contributed by atoms with Gasteiger partial charge in [0.25, 0.3) is 5.91 Å². The first-order valence-corrected chi connectivity index (χ1v) is 10.5. The summed E-state index contributed by atoms with van der Waals surface area (Å²) in [5.74, 6) is -1.37. The molecule has 1 heterocycles. The molecule has 11 heteroatoms. The summed E-state index contributed by atoms with van der Waals surface area (Å²) in [6, 6.07) is 8.30. The molecule has 0 unspecified atom stereocenters. The minimum absolute atomic E-state index is 0.0696. The van der Waals surface area contributed by atoms with Crippen LogP contribution in [0.4, 0.5) is 0 Å². The smallest absolute Gasteiger partial charge is 0.326 e. The van der Waals surface area contributed by atoms with E-state index in [9.17, 15) is 19.2 Å². The van der Waals surface area contributed by atoms with E-state index in [0.717, 1.165) is 0 Å². The zero-order valence-electron chi connectivity index (χ0n) is 19.0. The van der Waals surface area contributed by atoms with Gasteiger partial charge in [0.05, 0.1) is 19.8 Å². The first-order valence-electron chi connectivity index (χ1n) is 10.5. The molecular weight excluding hydrogens is 460 g/mol. The van der Waals surface area contributed by atoms with Crippen LogP contribution >= 0.6 is 0 Å². The van der Waals surface area contributed by atoms with Crippen LogP contribution in [0, 0.1) is 0 Å². The average Bonchev–Trinajstić information content (AvgIpc) is 3.14. The summed E-state index contributed by atoms with van der Waals surface area (Å²) in [5, 5.41) is 11.4. The standard InChI is InChI=1S/C24H24N2O9/c1-32-14-4-7-18(33-2)13(9-14)10-20-23(29)16-5-3-15(11-19(16)35-20)34-12-22(28)26-17(24(30)31)6-8-21(25)27/h3-5,7,9-11,17H,6,8,12H2,1-2H3,(H2,25,27)(H,26,28)(H,30,31)/b20-10-/t17-/m0/s1. The average molecular weight is 484 g/mol. The second-order valence-corrected chi connectivity index (χ2v) is 7.46. The van der Waals surface area contributed by atoms with Crippen molar-refractivity contribution in [3.05, 3.63) is 53.3 Å². The van der Waals surface area contributed by atoms with Crippen LogP contribution in [0.2, 0.25) is 0 Å². The van der Waals surface area contributed by atoms with E-state index in [0.29, 0.717) is 22.6 Å². The highest BCUT2D eigenvalue weighted by molar-refractivity contribution is 6.14. The molecule has 35 heavy (non-hydrogen) atoms. The van der Waals surface area contributed by atoms with Gasteiger partial charge in [0.1, 0.15) is 29.0 Å². The number of benzene rings is 2. The Morgan fingerprint density at radius 2 is 1.86 bits per heavy atom. The summed E-state index contributed by atoms with van der Waals surface area (Å²) >= 11 is 0. The molecule has 0 saturated carbocycles. The normalized spacial score (nSPS) is 14.0. The van der Waals surface area contributed by atoms with E-state index in [1.165, 1.54) is 38.5 Å². The van der Waals surface area contributed by atoms with Crippen LogP contribution in [0.15, 0.2) is 42.2 Å². The zero-order valence-corrected chi connectivity index (χ0v) is 19.0. The summed E-state index contributed by atoms with van der Waals surface area (Å²) in [6.07, 6.45) is 1.21. The number of nitrogens with two attached hydrogens (primary N) is 1. The van der Waals surface area contributed by atoms with E-state index < -0.39 is 30.4 Å². The number of hydrogen-bond donors (Lipinski definition) is 3. The van der Waals surface area contributed by atoms with Crippen molar-refractivity contribution in [2.45, 2.75) is 18.9 Å². The molecule has 0 radical (unpaired) electrons. The molecule has 1 atom stereocenters. The highest BCUT2D eigenvalue weighted by Gasteiger charge is 2.28. The van der Waals surface area contributed by atoms with E-state index in [-0.39, 0.29) is 35.9 Å². The third-order valence-corrected chi connectivity index (χ3v) is 5.05. The summed E-state index contributed by atoms with van der Waals surface area (Å²) in [6.45, 7) is -0.489. The van der Waals surface area contributed by atoms with Crippen LogP contribution < -0.4 is 30.0 Å². The monoisotopic (exact) mass is 484 g/mol. The number of Topliss-reactive ketones (excluding diaryl/α,β-unsaturated/α-hetero) is 1. The molecule has 2 aromatic carbocycles. The number of carboxylic acids is 1. The Morgan fingerprint density at radius 3 is 2.51 bits per heavy atom. The van der Waals surface area contributed by atoms with Crippen molar-refractivity contribution in [3.8, 4) is 23.0 Å². The molecule has 3 rings (SSSR count). The lowest BCUT2D eigenvalue weighted by Crippen LogP contribution is -2.43. The Morgan fingerprint density at radius 1 is 1.11 bits per heavy atom. The molecule has 0 fully saturated rings. The molecule has 11 nitrogen and oxygen atoms in total. The molecule has 0 aromatic heterocycles. The number of ether oxygens (including phenoxy) is 4. The molecule has 4 N–H and O–H groups in total. The van der Waals surface area contributed by atoms with Crippen LogP contribution in [0.1, 0.15) is 28.8 Å². The number of methoxy groups -OCH3 is 2. The predicted molar refractivity (Wildman–Crippen MR) is 122 cm³/mol. The number of primary amides is 1. The third kappa shape index (κ3) is 6.28. The van der Waals surface area contributed by atoms with E-state index in [1.54, 1.807) is 18.2 Å². The number of allylic oxidation sites excluding steroid dienone is 1. The van der Waals surface area contributed by atoms with Gasteiger partial charge in [-0.3, -0.25) is 14.4 Å². The van der Waals surface area contributed by atoms with Gasteiger partial charge in [0, 0.05) is 18.1 Å². The van der Waals surface area contributed by atoms with Crippen molar-refractivity contribution >= 4 is 29.6 Å². The van der Waals surface area contributed by atoms with Crippen LogP contribution in [-0.2, 0) is 14.4 Å². The van der Waals surface area contributed by atoms with Gasteiger partial charge in [-0.25, -0.2) is 4.79 Å². The fraction of sp³-hybridized carbons (Fsp3) is 0.250. The molecule has 184 valence electrons. The fourth-order valence-corrected chi connectivity index (χ4v) is 3.28. The number of aliphatic carboxylic acids is 1. The SMILES string of the molecule is COc1ccc(OC)c(/C=C2\Oc3cc(OCC(=O)N[C@@H](CCC(N)=O)C(=O)O)ccc3C2=O)c1. The number of hydrogen-bond acceptors (Lipinski definition) is 8. The van der Waals surface area contributed by atoms with E-state index >= 15 is 0 Å². The Bertz CT molecular complexity index is 1190. The highest BCUT2D eigenvalue weighted by atomic mass is 16.5. The van der Waals surface area contributed by atoms with Crippen LogP contribution in [0.25, 0.3) is 6.08 Å². The van der Waals surface area contributed by atoms with Gasteiger partial charge in [-0.2, -0.15) is 0 Å². The second-order valence-electron chi connectivity index (χ2n) is 7.46. The van der Waals surface area contributed by atoms with Crippen molar-refractivity contribution in [1.29, 1.82) is 0 Å².